The number of nitrogens with one attached hydrogen (secondary N) is 2. The average Bonchev–Trinajstić information content (AvgIpc) is 2.38. The molecular formula is C16H24N2O3. The van der Waals surface area contributed by atoms with E-state index in [4.69, 9.17) is 0 Å². The van der Waals surface area contributed by atoms with E-state index in [1.807, 2.05) is 6.07 Å². The van der Waals surface area contributed by atoms with Crippen molar-refractivity contribution in [3.8, 4) is 0 Å². The molecule has 0 radical (unpaired) electrons. The number of urea groups is 1. The van der Waals surface area contributed by atoms with E-state index in [1.54, 1.807) is 24.3 Å². The lowest BCUT2D eigenvalue weighted by molar-refractivity contribution is -0.138. The maximum atomic E-state index is 11.7. The lowest BCUT2D eigenvalue weighted by Gasteiger charge is -2.19. The zero-order valence-electron chi connectivity index (χ0n) is 12.8. The van der Waals surface area contributed by atoms with Crippen LogP contribution < -0.4 is 10.6 Å². The number of benzene rings is 1. The summed E-state index contributed by atoms with van der Waals surface area (Å²) in [5.74, 6) is -1.68. The molecule has 1 unspecified atom stereocenters. The fourth-order valence-electron chi connectivity index (χ4n) is 1.84. The first-order valence-electron chi connectivity index (χ1n) is 7.09. The highest BCUT2D eigenvalue weighted by molar-refractivity contribution is 5.79. The van der Waals surface area contributed by atoms with Crippen molar-refractivity contribution >= 4 is 12.0 Å². The topological polar surface area (TPSA) is 78.4 Å². The summed E-state index contributed by atoms with van der Waals surface area (Å²) in [6, 6.07) is 8.57. The Morgan fingerprint density at radius 1 is 1.14 bits per heavy atom. The second kappa shape index (κ2) is 7.67. The number of hydrogen-bond donors (Lipinski definition) is 3. The van der Waals surface area contributed by atoms with Gasteiger partial charge in [-0.1, -0.05) is 51.1 Å². The lowest BCUT2D eigenvalue weighted by atomic mass is 9.92. The summed E-state index contributed by atoms with van der Waals surface area (Å²) in [5.41, 5.74) is 0.834. The van der Waals surface area contributed by atoms with Crippen LogP contribution >= 0.6 is 0 Å². The van der Waals surface area contributed by atoms with E-state index < -0.39 is 11.9 Å². The molecule has 0 aliphatic heterocycles. The lowest BCUT2D eigenvalue weighted by Crippen LogP contribution is -2.40. The highest BCUT2D eigenvalue weighted by Crippen LogP contribution is 2.17. The summed E-state index contributed by atoms with van der Waals surface area (Å²) < 4.78 is 0. The molecule has 0 aromatic heterocycles. The molecule has 0 bridgehead atoms. The first-order valence-corrected chi connectivity index (χ1v) is 7.09. The van der Waals surface area contributed by atoms with Crippen molar-refractivity contribution in [2.24, 2.45) is 5.41 Å². The van der Waals surface area contributed by atoms with Crippen molar-refractivity contribution in [3.63, 3.8) is 0 Å². The molecule has 3 N–H and O–H groups in total. The zero-order valence-corrected chi connectivity index (χ0v) is 12.8. The van der Waals surface area contributed by atoms with Crippen LogP contribution in [0.2, 0.25) is 0 Å². The Morgan fingerprint density at radius 2 is 1.76 bits per heavy atom. The molecule has 0 heterocycles. The van der Waals surface area contributed by atoms with E-state index in [2.05, 4.69) is 31.4 Å². The second-order valence-electron chi connectivity index (χ2n) is 6.25. The standard InChI is InChI=1S/C16H24N2O3/c1-16(2,3)9-10-17-15(21)18-11-13(14(19)20)12-7-5-4-6-8-12/h4-8,13H,9-11H2,1-3H3,(H,19,20)(H2,17,18,21). The summed E-state index contributed by atoms with van der Waals surface area (Å²) in [4.78, 5) is 23.0. The Morgan fingerprint density at radius 3 is 2.29 bits per heavy atom. The molecule has 0 aliphatic rings. The smallest absolute Gasteiger partial charge is 0.314 e. The van der Waals surface area contributed by atoms with Gasteiger partial charge in [0.05, 0.1) is 5.92 Å². The first-order chi connectivity index (χ1) is 9.79. The van der Waals surface area contributed by atoms with Crippen molar-refractivity contribution in [3.05, 3.63) is 35.9 Å². The Labute approximate surface area is 125 Å². The number of carbonyl (C=O) groups is 2. The van der Waals surface area contributed by atoms with Gasteiger partial charge in [-0.15, -0.1) is 0 Å². The molecule has 2 amide bonds. The third-order valence-electron chi connectivity index (χ3n) is 3.13. The van der Waals surface area contributed by atoms with Gasteiger partial charge < -0.3 is 15.7 Å². The SMILES string of the molecule is CC(C)(C)CCNC(=O)NCC(C(=O)O)c1ccccc1. The van der Waals surface area contributed by atoms with Crippen molar-refractivity contribution in [2.45, 2.75) is 33.1 Å². The van der Waals surface area contributed by atoms with Crippen molar-refractivity contribution in [1.82, 2.24) is 10.6 Å². The van der Waals surface area contributed by atoms with E-state index in [-0.39, 0.29) is 18.0 Å². The zero-order chi connectivity index (χ0) is 15.9. The molecule has 5 nitrogen and oxygen atoms in total. The molecule has 0 spiro atoms. The fraction of sp³-hybridized carbons (Fsp3) is 0.500. The van der Waals surface area contributed by atoms with Gasteiger partial charge in [-0.2, -0.15) is 0 Å². The molecule has 5 heteroatoms. The molecule has 0 saturated carbocycles. The predicted molar refractivity (Wildman–Crippen MR) is 82.3 cm³/mol. The van der Waals surface area contributed by atoms with Crippen molar-refractivity contribution in [1.29, 1.82) is 0 Å². The molecule has 1 aromatic carbocycles. The van der Waals surface area contributed by atoms with Crippen LogP contribution in [0.5, 0.6) is 0 Å². The van der Waals surface area contributed by atoms with Crippen LogP contribution in [0.25, 0.3) is 0 Å². The quantitative estimate of drug-likeness (QED) is 0.754. The molecule has 1 aromatic rings. The molecule has 1 atom stereocenters. The van der Waals surface area contributed by atoms with Crippen molar-refractivity contribution < 1.29 is 14.7 Å². The number of hydrogen-bond acceptors (Lipinski definition) is 2. The highest BCUT2D eigenvalue weighted by atomic mass is 16.4. The van der Waals surface area contributed by atoms with Gasteiger partial charge in [-0.3, -0.25) is 4.79 Å². The maximum absolute atomic E-state index is 11.7. The summed E-state index contributed by atoms with van der Waals surface area (Å²) in [5, 5.41) is 14.6. The van der Waals surface area contributed by atoms with Crippen LogP contribution in [0.3, 0.4) is 0 Å². The number of amides is 2. The summed E-state index contributed by atoms with van der Waals surface area (Å²) in [6.07, 6.45) is 0.863. The van der Waals surface area contributed by atoms with Crippen molar-refractivity contribution in [2.75, 3.05) is 13.1 Å². The average molecular weight is 292 g/mol. The Balaban J connectivity index is 2.44. The highest BCUT2D eigenvalue weighted by Gasteiger charge is 2.20. The number of rotatable bonds is 6. The van der Waals surface area contributed by atoms with Gasteiger partial charge in [0.1, 0.15) is 0 Å². The van der Waals surface area contributed by atoms with E-state index in [9.17, 15) is 14.7 Å². The van der Waals surface area contributed by atoms with Gasteiger partial charge in [0.2, 0.25) is 0 Å². The van der Waals surface area contributed by atoms with Gasteiger partial charge in [0.15, 0.2) is 0 Å². The van der Waals surface area contributed by atoms with E-state index in [1.165, 1.54) is 0 Å². The van der Waals surface area contributed by atoms with Crippen LogP contribution in [0.4, 0.5) is 4.79 Å². The van der Waals surface area contributed by atoms with Crippen LogP contribution in [-0.2, 0) is 4.79 Å². The molecule has 0 fully saturated rings. The van der Waals surface area contributed by atoms with Gasteiger partial charge in [-0.05, 0) is 17.4 Å². The Hall–Kier alpha value is -2.04. The third kappa shape index (κ3) is 6.79. The van der Waals surface area contributed by atoms with E-state index >= 15 is 0 Å². The summed E-state index contributed by atoms with van der Waals surface area (Å²) >= 11 is 0. The molecule has 0 saturated heterocycles. The summed E-state index contributed by atoms with van der Waals surface area (Å²) in [6.45, 7) is 6.94. The minimum absolute atomic E-state index is 0.0701. The molecule has 0 aliphatic carbocycles. The van der Waals surface area contributed by atoms with Crippen LogP contribution in [-0.4, -0.2) is 30.2 Å². The maximum Gasteiger partial charge on any atom is 0.314 e. The Bertz CT molecular complexity index is 466. The summed E-state index contributed by atoms with van der Waals surface area (Å²) in [7, 11) is 0. The van der Waals surface area contributed by atoms with Gasteiger partial charge in [-0.25, -0.2) is 4.79 Å². The number of aliphatic carboxylic acids is 1. The van der Waals surface area contributed by atoms with E-state index in [0.29, 0.717) is 12.1 Å². The van der Waals surface area contributed by atoms with Crippen LogP contribution in [0.1, 0.15) is 38.7 Å². The third-order valence-corrected chi connectivity index (χ3v) is 3.13. The van der Waals surface area contributed by atoms with Crippen LogP contribution in [0, 0.1) is 5.41 Å². The first kappa shape index (κ1) is 17.0. The molecule has 21 heavy (non-hydrogen) atoms. The second-order valence-corrected chi connectivity index (χ2v) is 6.25. The fourth-order valence-corrected chi connectivity index (χ4v) is 1.84. The number of carboxylic acid groups (broad SMARTS) is 1. The minimum Gasteiger partial charge on any atom is -0.481 e. The predicted octanol–water partition coefficient (Wildman–Crippen LogP) is 2.59. The number of carboxylic acids is 1. The minimum atomic E-state index is -0.948. The molecular weight excluding hydrogens is 268 g/mol. The largest absolute Gasteiger partial charge is 0.481 e. The Kier molecular flexibility index (Phi) is 6.21. The van der Waals surface area contributed by atoms with Gasteiger partial charge in [0.25, 0.3) is 0 Å². The van der Waals surface area contributed by atoms with Gasteiger partial charge in [0, 0.05) is 13.1 Å². The van der Waals surface area contributed by atoms with Gasteiger partial charge >= 0.3 is 12.0 Å². The molecule has 1 rings (SSSR count). The molecule has 116 valence electrons. The van der Waals surface area contributed by atoms with E-state index in [0.717, 1.165) is 6.42 Å². The number of carbonyl (C=O) groups excluding carboxylic acids is 1. The monoisotopic (exact) mass is 292 g/mol. The normalized spacial score (nSPS) is 12.5. The van der Waals surface area contributed by atoms with Crippen LogP contribution in [0.15, 0.2) is 30.3 Å².